The number of methoxy groups -OCH3 is 1. The quantitative estimate of drug-likeness (QED) is 0.487. The summed E-state index contributed by atoms with van der Waals surface area (Å²) in [6, 6.07) is 8.91. The van der Waals surface area contributed by atoms with Gasteiger partial charge >= 0.3 is 0 Å². The number of thiocarbonyl (C=S) groups is 2. The summed E-state index contributed by atoms with van der Waals surface area (Å²) in [6.45, 7) is 0.130. The van der Waals surface area contributed by atoms with E-state index in [2.05, 4.69) is 10.3 Å². The van der Waals surface area contributed by atoms with Crippen molar-refractivity contribution in [2.75, 3.05) is 33.6 Å². The Hall–Kier alpha value is -1.66. The smallest absolute Gasteiger partial charge is 0.255 e. The zero-order valence-corrected chi connectivity index (χ0v) is 16.5. The molecule has 0 aliphatic rings. The summed E-state index contributed by atoms with van der Waals surface area (Å²) in [7, 11) is 0.478. The zero-order valence-electron chi connectivity index (χ0n) is 14.1. The molecular weight excluding hydrogens is 384 g/mol. The van der Waals surface area contributed by atoms with Crippen LogP contribution in [0.4, 0.5) is 0 Å². The molecule has 0 radical (unpaired) electrons. The summed E-state index contributed by atoms with van der Waals surface area (Å²) in [5, 5.41) is 2.40. The van der Waals surface area contributed by atoms with Gasteiger partial charge in [-0.2, -0.15) is 0 Å². The fourth-order valence-corrected chi connectivity index (χ4v) is 3.12. The molecule has 0 unspecified atom stereocenters. The topological polar surface area (TPSA) is 91.0 Å². The first kappa shape index (κ1) is 21.4. The van der Waals surface area contributed by atoms with Gasteiger partial charge in [-0.25, -0.2) is 8.42 Å². The average Bonchev–Trinajstić information content (AvgIpc) is 2.53. The third-order valence-electron chi connectivity index (χ3n) is 2.86. The van der Waals surface area contributed by atoms with Gasteiger partial charge in [-0.3, -0.25) is 20.2 Å². The van der Waals surface area contributed by atoms with E-state index in [1.165, 1.54) is 31.2 Å². The van der Waals surface area contributed by atoms with E-state index in [1.807, 2.05) is 6.07 Å². The van der Waals surface area contributed by atoms with E-state index in [-0.39, 0.29) is 11.6 Å². The Morgan fingerprint density at radius 2 is 1.76 bits per heavy atom. The fourth-order valence-electron chi connectivity index (χ4n) is 1.73. The van der Waals surface area contributed by atoms with Crippen LogP contribution >= 0.6 is 24.4 Å². The molecule has 0 heterocycles. The molecule has 0 saturated heterocycles. The van der Waals surface area contributed by atoms with Crippen LogP contribution in [0, 0.1) is 0 Å². The van der Waals surface area contributed by atoms with Gasteiger partial charge in [0.15, 0.2) is 0 Å². The zero-order chi connectivity index (χ0) is 19.0. The molecule has 11 heteroatoms. The maximum Gasteiger partial charge on any atom is 0.255 e. The number of carbonyl (C=O) groups is 1. The third kappa shape index (κ3) is 7.40. The van der Waals surface area contributed by atoms with Gasteiger partial charge in [-0.05, 0) is 0 Å². The highest BCUT2D eigenvalue weighted by atomic mass is 32.2. The first-order valence-electron chi connectivity index (χ1n) is 7.04. The molecule has 2 N–H and O–H groups in total. The van der Waals surface area contributed by atoms with Crippen molar-refractivity contribution >= 4 is 50.3 Å². The maximum absolute atomic E-state index is 12.1. The first-order valence-corrected chi connectivity index (χ1v) is 9.51. The first-order chi connectivity index (χ1) is 11.7. The molecular formula is C14H20N4O4S3. The number of benzene rings is 1. The summed E-state index contributed by atoms with van der Waals surface area (Å²) in [6.07, 6.45) is 0. The molecule has 8 nitrogen and oxygen atoms in total. The number of sulfonamides is 1. The van der Waals surface area contributed by atoms with Crippen molar-refractivity contribution in [1.82, 2.24) is 20.3 Å². The summed E-state index contributed by atoms with van der Waals surface area (Å²) in [4.78, 5) is 14.7. The van der Waals surface area contributed by atoms with Gasteiger partial charge in [0.05, 0.1) is 6.61 Å². The molecule has 0 bridgehead atoms. The van der Waals surface area contributed by atoms with Gasteiger partial charge < -0.3 is 4.74 Å². The molecule has 0 fully saturated rings. The number of likely N-dealkylation sites (N-methyl/N-ethyl adjacent to an activating group) is 1. The minimum atomic E-state index is -3.94. The molecule has 0 aliphatic heterocycles. The third-order valence-corrected chi connectivity index (χ3v) is 4.95. The van der Waals surface area contributed by atoms with E-state index in [0.717, 1.165) is 0 Å². The molecule has 1 amide bonds. The van der Waals surface area contributed by atoms with Gasteiger partial charge in [0.1, 0.15) is 15.7 Å². The maximum atomic E-state index is 12.1. The number of rotatable bonds is 7. The molecule has 1 rings (SSSR count). The molecule has 1 aromatic rings. The predicted octanol–water partition coefficient (Wildman–Crippen LogP) is 0.0651. The van der Waals surface area contributed by atoms with Gasteiger partial charge in [-0.15, -0.1) is 4.83 Å². The number of hydrogen-bond donors (Lipinski definition) is 2. The van der Waals surface area contributed by atoms with Gasteiger partial charge in [0, 0.05) is 26.8 Å². The highest BCUT2D eigenvalue weighted by Gasteiger charge is 2.21. The number of ether oxygens (including phenoxy) is 1. The van der Waals surface area contributed by atoms with Crippen molar-refractivity contribution < 1.29 is 17.9 Å². The summed E-state index contributed by atoms with van der Waals surface area (Å²) in [5.74, 6) is -1.53. The highest BCUT2D eigenvalue weighted by molar-refractivity contribution is 7.90. The molecule has 0 spiro atoms. The molecule has 0 saturated carbocycles. The standard InChI is InChI=1S/C14H20N4O4S3/c1-17(13(23)9-22-3)15-12(19)10-25(20,21)16-18(2)14(24)11-7-5-4-6-8-11/h4-8,16H,9-10H2,1-3H3,(H,15,19). The Bertz CT molecular complexity index is 725. The second kappa shape index (κ2) is 9.73. The van der Waals surface area contributed by atoms with Crippen LogP contribution in [0.25, 0.3) is 0 Å². The number of hydrogen-bond acceptors (Lipinski definition) is 6. The Morgan fingerprint density at radius 1 is 1.16 bits per heavy atom. The van der Waals surface area contributed by atoms with Crippen LogP contribution in [0.1, 0.15) is 5.56 Å². The Kier molecular flexibility index (Phi) is 8.32. The second-order valence-corrected chi connectivity index (χ2v) is 7.56. The summed E-state index contributed by atoms with van der Waals surface area (Å²) >= 11 is 10.2. The average molecular weight is 405 g/mol. The Morgan fingerprint density at radius 3 is 2.32 bits per heavy atom. The molecule has 0 aliphatic carbocycles. The molecule has 25 heavy (non-hydrogen) atoms. The Labute approximate surface area is 158 Å². The van der Waals surface area contributed by atoms with E-state index in [1.54, 1.807) is 24.3 Å². The van der Waals surface area contributed by atoms with Gasteiger partial charge in [-0.1, -0.05) is 54.8 Å². The van der Waals surface area contributed by atoms with E-state index >= 15 is 0 Å². The van der Waals surface area contributed by atoms with Crippen LogP contribution in [-0.4, -0.2) is 67.9 Å². The molecule has 1 aromatic carbocycles. The van der Waals surface area contributed by atoms with Crippen molar-refractivity contribution in [1.29, 1.82) is 0 Å². The fraction of sp³-hybridized carbons (Fsp3) is 0.357. The minimum Gasteiger partial charge on any atom is -0.377 e. The van der Waals surface area contributed by atoms with Crippen LogP contribution < -0.4 is 10.3 Å². The van der Waals surface area contributed by atoms with E-state index in [4.69, 9.17) is 29.2 Å². The van der Waals surface area contributed by atoms with Crippen molar-refractivity contribution in [2.45, 2.75) is 0 Å². The van der Waals surface area contributed by atoms with Crippen molar-refractivity contribution in [3.05, 3.63) is 35.9 Å². The predicted molar refractivity (Wildman–Crippen MR) is 103 cm³/mol. The normalized spacial score (nSPS) is 10.8. The van der Waals surface area contributed by atoms with E-state index < -0.39 is 21.7 Å². The van der Waals surface area contributed by atoms with Crippen molar-refractivity contribution in [3.63, 3.8) is 0 Å². The lowest BCUT2D eigenvalue weighted by atomic mass is 10.2. The van der Waals surface area contributed by atoms with Crippen LogP contribution in [0.15, 0.2) is 30.3 Å². The number of nitrogens with one attached hydrogen (secondary N) is 2. The number of carbonyl (C=O) groups excluding carboxylic acids is 1. The molecule has 138 valence electrons. The number of nitrogens with zero attached hydrogens (tertiary/aromatic N) is 2. The Balaban J connectivity index is 2.61. The largest absolute Gasteiger partial charge is 0.377 e. The highest BCUT2D eigenvalue weighted by Crippen LogP contribution is 2.04. The SMILES string of the molecule is COCC(=S)N(C)NC(=O)CS(=O)(=O)NN(C)C(=S)c1ccccc1. The minimum absolute atomic E-state index is 0.130. The lowest BCUT2D eigenvalue weighted by Crippen LogP contribution is -2.50. The van der Waals surface area contributed by atoms with E-state index in [0.29, 0.717) is 10.6 Å². The van der Waals surface area contributed by atoms with Crippen LogP contribution in [0.5, 0.6) is 0 Å². The number of hydrazine groups is 2. The lowest BCUT2D eigenvalue weighted by molar-refractivity contribution is -0.121. The summed E-state index contributed by atoms with van der Waals surface area (Å²) < 4.78 is 29.1. The van der Waals surface area contributed by atoms with Crippen LogP contribution in [-0.2, 0) is 19.6 Å². The van der Waals surface area contributed by atoms with Gasteiger partial charge in [0.2, 0.25) is 10.0 Å². The number of amides is 1. The van der Waals surface area contributed by atoms with E-state index in [9.17, 15) is 13.2 Å². The molecule has 0 atom stereocenters. The monoisotopic (exact) mass is 404 g/mol. The van der Waals surface area contributed by atoms with Crippen LogP contribution in [0.3, 0.4) is 0 Å². The summed E-state index contributed by atoms with van der Waals surface area (Å²) in [5.41, 5.74) is 3.03. The van der Waals surface area contributed by atoms with Crippen molar-refractivity contribution in [2.24, 2.45) is 0 Å². The van der Waals surface area contributed by atoms with Crippen LogP contribution in [0.2, 0.25) is 0 Å². The molecule has 0 aromatic heterocycles. The van der Waals surface area contributed by atoms with Gasteiger partial charge in [0.25, 0.3) is 5.91 Å². The van der Waals surface area contributed by atoms with Crippen molar-refractivity contribution in [3.8, 4) is 0 Å². The second-order valence-electron chi connectivity index (χ2n) is 5.00. The lowest BCUT2D eigenvalue weighted by Gasteiger charge is -2.22.